The van der Waals surface area contributed by atoms with Crippen LogP contribution in [0.4, 0.5) is 0 Å². The molecule has 78 valence electrons. The van der Waals surface area contributed by atoms with Gasteiger partial charge in [-0.3, -0.25) is 4.90 Å². The first-order valence-electron chi connectivity index (χ1n) is 5.07. The van der Waals surface area contributed by atoms with Crippen molar-refractivity contribution in [2.24, 2.45) is 0 Å². The van der Waals surface area contributed by atoms with Gasteiger partial charge in [0.05, 0.1) is 6.04 Å². The molecule has 3 nitrogen and oxygen atoms in total. The van der Waals surface area contributed by atoms with E-state index in [1.54, 1.807) is 0 Å². The maximum Gasteiger partial charge on any atom is 0.292 e. The summed E-state index contributed by atoms with van der Waals surface area (Å²) in [4.78, 5) is 6.58. The predicted octanol–water partition coefficient (Wildman–Crippen LogP) is 2.66. The van der Waals surface area contributed by atoms with Gasteiger partial charge in [-0.1, -0.05) is 6.92 Å². The number of aromatic nitrogens is 1. The van der Waals surface area contributed by atoms with Crippen LogP contribution in [0.15, 0.2) is 4.42 Å². The summed E-state index contributed by atoms with van der Waals surface area (Å²) in [5, 5.41) is 0.275. The quantitative estimate of drug-likeness (QED) is 0.758. The lowest BCUT2D eigenvalue weighted by Crippen LogP contribution is -2.18. The summed E-state index contributed by atoms with van der Waals surface area (Å²) in [6.45, 7) is 3.20. The summed E-state index contributed by atoms with van der Waals surface area (Å²) in [7, 11) is 2.12. The molecule has 2 heterocycles. The topological polar surface area (TPSA) is 29.3 Å². The Kier molecular flexibility index (Phi) is 2.79. The number of halogens is 1. The van der Waals surface area contributed by atoms with Gasteiger partial charge in [-0.25, -0.2) is 4.98 Å². The Morgan fingerprint density at radius 2 is 2.43 bits per heavy atom. The molecule has 0 N–H and O–H groups in total. The molecule has 1 aromatic heterocycles. The van der Waals surface area contributed by atoms with Crippen LogP contribution in [-0.2, 0) is 6.42 Å². The number of rotatable bonds is 2. The van der Waals surface area contributed by atoms with Crippen LogP contribution >= 0.6 is 11.6 Å². The number of hydrogen-bond acceptors (Lipinski definition) is 3. The summed E-state index contributed by atoms with van der Waals surface area (Å²) in [5.41, 5.74) is 1.04. The van der Waals surface area contributed by atoms with Gasteiger partial charge in [-0.15, -0.1) is 0 Å². The number of nitrogens with zero attached hydrogens (tertiary/aromatic N) is 2. The summed E-state index contributed by atoms with van der Waals surface area (Å²) in [6, 6.07) is 0.404. The highest BCUT2D eigenvalue weighted by Crippen LogP contribution is 2.33. The first kappa shape index (κ1) is 9.99. The van der Waals surface area contributed by atoms with Gasteiger partial charge in [0.15, 0.2) is 0 Å². The number of aryl methyl sites for hydroxylation is 1. The molecule has 1 unspecified atom stereocenters. The third-order valence-electron chi connectivity index (χ3n) is 2.86. The fraction of sp³-hybridized carbons (Fsp3) is 0.700. The van der Waals surface area contributed by atoms with Crippen molar-refractivity contribution in [3.05, 3.63) is 16.8 Å². The molecule has 0 bridgehead atoms. The van der Waals surface area contributed by atoms with Crippen molar-refractivity contribution in [1.82, 2.24) is 9.88 Å². The molecule has 0 aliphatic carbocycles. The van der Waals surface area contributed by atoms with Gasteiger partial charge in [0.25, 0.3) is 5.35 Å². The Balaban J connectivity index is 2.29. The summed E-state index contributed by atoms with van der Waals surface area (Å²) >= 11 is 5.77. The summed E-state index contributed by atoms with van der Waals surface area (Å²) < 4.78 is 5.35. The van der Waals surface area contributed by atoms with E-state index in [-0.39, 0.29) is 5.35 Å². The zero-order valence-electron chi connectivity index (χ0n) is 8.59. The average Bonchev–Trinajstić information content (AvgIpc) is 2.71. The van der Waals surface area contributed by atoms with Crippen LogP contribution in [0.2, 0.25) is 5.35 Å². The van der Waals surface area contributed by atoms with Crippen LogP contribution < -0.4 is 0 Å². The first-order chi connectivity index (χ1) is 6.72. The molecule has 4 heteroatoms. The van der Waals surface area contributed by atoms with E-state index in [4.69, 9.17) is 16.0 Å². The maximum absolute atomic E-state index is 5.77. The Morgan fingerprint density at radius 1 is 1.64 bits per heavy atom. The van der Waals surface area contributed by atoms with Crippen molar-refractivity contribution in [2.45, 2.75) is 32.2 Å². The predicted molar refractivity (Wildman–Crippen MR) is 55.5 cm³/mol. The Hall–Kier alpha value is -0.540. The first-order valence-corrected chi connectivity index (χ1v) is 5.45. The Morgan fingerprint density at radius 3 is 3.00 bits per heavy atom. The second-order valence-corrected chi connectivity index (χ2v) is 4.09. The lowest BCUT2D eigenvalue weighted by molar-refractivity contribution is 0.309. The van der Waals surface area contributed by atoms with E-state index < -0.39 is 0 Å². The van der Waals surface area contributed by atoms with Gasteiger partial charge in [-0.05, 0) is 38.0 Å². The highest BCUT2D eigenvalue weighted by molar-refractivity contribution is 6.27. The van der Waals surface area contributed by atoms with Crippen LogP contribution in [0.25, 0.3) is 0 Å². The normalized spacial score (nSPS) is 23.2. The summed E-state index contributed by atoms with van der Waals surface area (Å²) in [5.74, 6) is 0.939. The lowest BCUT2D eigenvalue weighted by atomic mass is 10.1. The molecule has 1 aromatic rings. The minimum absolute atomic E-state index is 0.275. The number of likely N-dealkylation sites (tertiary alicyclic amines) is 1. The molecule has 1 fully saturated rings. The summed E-state index contributed by atoms with van der Waals surface area (Å²) in [6.07, 6.45) is 3.25. The molecular formula is C10H15ClN2O. The highest BCUT2D eigenvalue weighted by atomic mass is 35.5. The van der Waals surface area contributed by atoms with Gasteiger partial charge in [0.1, 0.15) is 11.5 Å². The van der Waals surface area contributed by atoms with Crippen LogP contribution in [0.3, 0.4) is 0 Å². The van der Waals surface area contributed by atoms with E-state index in [2.05, 4.69) is 23.9 Å². The molecule has 0 saturated carbocycles. The van der Waals surface area contributed by atoms with Crippen LogP contribution in [-0.4, -0.2) is 23.5 Å². The van der Waals surface area contributed by atoms with E-state index in [1.807, 2.05) is 0 Å². The largest absolute Gasteiger partial charge is 0.432 e. The van der Waals surface area contributed by atoms with Crippen molar-refractivity contribution >= 4 is 11.6 Å². The standard InChI is InChI=1S/C10H15ClN2O/c1-3-8-9(12-10(11)14-8)7-5-4-6-13(7)2/h7H,3-6H2,1-2H3. The van der Waals surface area contributed by atoms with Crippen molar-refractivity contribution in [3.8, 4) is 0 Å². The monoisotopic (exact) mass is 214 g/mol. The van der Waals surface area contributed by atoms with Gasteiger partial charge in [-0.2, -0.15) is 0 Å². The van der Waals surface area contributed by atoms with Crippen molar-refractivity contribution in [1.29, 1.82) is 0 Å². The average molecular weight is 215 g/mol. The molecule has 0 aromatic carbocycles. The third-order valence-corrected chi connectivity index (χ3v) is 3.02. The Bertz CT molecular complexity index is 324. The smallest absolute Gasteiger partial charge is 0.292 e. The lowest BCUT2D eigenvalue weighted by Gasteiger charge is -2.17. The molecule has 2 rings (SSSR count). The fourth-order valence-electron chi connectivity index (χ4n) is 2.10. The van der Waals surface area contributed by atoms with E-state index in [9.17, 15) is 0 Å². The molecular weight excluding hydrogens is 200 g/mol. The van der Waals surface area contributed by atoms with Crippen molar-refractivity contribution in [2.75, 3.05) is 13.6 Å². The molecule has 0 amide bonds. The van der Waals surface area contributed by atoms with E-state index in [0.717, 1.165) is 30.8 Å². The minimum Gasteiger partial charge on any atom is -0.432 e. The fourth-order valence-corrected chi connectivity index (χ4v) is 2.29. The molecule has 0 radical (unpaired) electrons. The highest BCUT2D eigenvalue weighted by Gasteiger charge is 2.28. The van der Waals surface area contributed by atoms with Crippen molar-refractivity contribution < 1.29 is 4.42 Å². The van der Waals surface area contributed by atoms with Crippen molar-refractivity contribution in [3.63, 3.8) is 0 Å². The number of hydrogen-bond donors (Lipinski definition) is 0. The van der Waals surface area contributed by atoms with Gasteiger partial charge >= 0.3 is 0 Å². The van der Waals surface area contributed by atoms with Gasteiger partial charge in [0, 0.05) is 6.42 Å². The van der Waals surface area contributed by atoms with Crippen LogP contribution in [0, 0.1) is 0 Å². The van der Waals surface area contributed by atoms with E-state index >= 15 is 0 Å². The zero-order valence-corrected chi connectivity index (χ0v) is 9.34. The molecule has 1 aliphatic rings. The van der Waals surface area contributed by atoms with Crippen LogP contribution in [0.1, 0.15) is 37.3 Å². The number of oxazole rings is 1. The van der Waals surface area contributed by atoms with E-state index in [1.165, 1.54) is 6.42 Å². The SMILES string of the molecule is CCc1oc(Cl)nc1C1CCCN1C. The Labute approximate surface area is 89.1 Å². The molecule has 1 atom stereocenters. The molecule has 0 spiro atoms. The molecule has 1 saturated heterocycles. The molecule has 1 aliphatic heterocycles. The second-order valence-electron chi connectivity index (χ2n) is 3.77. The maximum atomic E-state index is 5.77. The van der Waals surface area contributed by atoms with Gasteiger partial charge < -0.3 is 4.42 Å². The zero-order chi connectivity index (χ0) is 10.1. The molecule has 14 heavy (non-hydrogen) atoms. The second kappa shape index (κ2) is 3.91. The third kappa shape index (κ3) is 1.66. The van der Waals surface area contributed by atoms with Gasteiger partial charge in [0.2, 0.25) is 0 Å². The van der Waals surface area contributed by atoms with Crippen LogP contribution in [0.5, 0.6) is 0 Å². The van der Waals surface area contributed by atoms with E-state index in [0.29, 0.717) is 6.04 Å². The minimum atomic E-state index is 0.275.